The zero-order valence-electron chi connectivity index (χ0n) is 10.9. The van der Waals surface area contributed by atoms with Gasteiger partial charge in [-0.1, -0.05) is 36.4 Å². The average molecular weight is 293 g/mol. The lowest BCUT2D eigenvalue weighted by molar-refractivity contribution is 0.0697. The summed E-state index contributed by atoms with van der Waals surface area (Å²) in [5.41, 5.74) is 1.01. The molecule has 0 atom stereocenters. The first-order valence-corrected chi connectivity index (χ1v) is 7.24. The Labute approximate surface area is 117 Å². The molecule has 2 rings (SSSR count). The first-order chi connectivity index (χ1) is 9.32. The van der Waals surface area contributed by atoms with E-state index >= 15 is 0 Å². The lowest BCUT2D eigenvalue weighted by Crippen LogP contribution is -2.13. The number of primary sulfonamides is 1. The number of aromatic carboxylic acids is 1. The fourth-order valence-electron chi connectivity index (χ4n) is 1.46. The molecule has 0 saturated carbocycles. The minimum absolute atomic E-state index is 0.194. The maximum atomic E-state index is 10.8. The maximum absolute atomic E-state index is 10.8. The second-order valence-electron chi connectivity index (χ2n) is 3.98. The second-order valence-corrected chi connectivity index (χ2v) is 5.51. The lowest BCUT2D eigenvalue weighted by Gasteiger charge is -2.00. The van der Waals surface area contributed by atoms with Gasteiger partial charge in [0.2, 0.25) is 10.0 Å². The summed E-state index contributed by atoms with van der Waals surface area (Å²) >= 11 is 0. The smallest absolute Gasteiger partial charge is 0.335 e. The van der Waals surface area contributed by atoms with Gasteiger partial charge in [0.05, 0.1) is 10.5 Å². The molecule has 3 N–H and O–H groups in total. The van der Waals surface area contributed by atoms with Gasteiger partial charge in [0.25, 0.3) is 0 Å². The van der Waals surface area contributed by atoms with Crippen LogP contribution in [0.25, 0.3) is 0 Å². The summed E-state index contributed by atoms with van der Waals surface area (Å²) in [5, 5.41) is 13.3. The molecule has 0 amide bonds. The van der Waals surface area contributed by atoms with Crippen molar-refractivity contribution in [3.8, 4) is 0 Å². The molecule has 0 heterocycles. The number of hydrogen-bond donors (Lipinski definition) is 2. The molecule has 0 spiro atoms. The van der Waals surface area contributed by atoms with Crippen LogP contribution in [-0.2, 0) is 10.0 Å². The first-order valence-electron chi connectivity index (χ1n) is 5.69. The van der Waals surface area contributed by atoms with Gasteiger partial charge in [0.15, 0.2) is 0 Å². The van der Waals surface area contributed by atoms with Gasteiger partial charge < -0.3 is 5.11 Å². The normalized spacial score (nSPS) is 10.3. The van der Waals surface area contributed by atoms with Crippen LogP contribution in [0.2, 0.25) is 0 Å². The molecule has 2 aromatic carbocycles. The highest BCUT2D eigenvalue weighted by Gasteiger charge is 2.08. The van der Waals surface area contributed by atoms with Crippen molar-refractivity contribution < 1.29 is 18.3 Å². The van der Waals surface area contributed by atoms with E-state index in [0.29, 0.717) is 11.1 Å². The van der Waals surface area contributed by atoms with Crippen LogP contribution in [-0.4, -0.2) is 19.5 Å². The largest absolute Gasteiger partial charge is 0.478 e. The van der Waals surface area contributed by atoms with Crippen molar-refractivity contribution in [2.75, 3.05) is 0 Å². The Hall–Kier alpha value is -2.18. The number of carboxylic acid groups (broad SMARTS) is 1. The zero-order chi connectivity index (χ0) is 15.2. The number of aryl methyl sites for hydroxylation is 1. The SMILES string of the molecule is Cc1ccccc1S(N)(=O)=O.O=C(O)c1ccccc1. The number of nitrogens with two attached hydrogens (primary N) is 1. The number of benzene rings is 2. The quantitative estimate of drug-likeness (QED) is 0.885. The highest BCUT2D eigenvalue weighted by atomic mass is 32.2. The minimum Gasteiger partial charge on any atom is -0.478 e. The topological polar surface area (TPSA) is 97.5 Å². The fraction of sp³-hybridized carbons (Fsp3) is 0.0714. The summed E-state index contributed by atoms with van der Waals surface area (Å²) in [4.78, 5) is 10.4. The van der Waals surface area contributed by atoms with Crippen LogP contribution in [0.5, 0.6) is 0 Å². The molecule has 0 radical (unpaired) electrons. The number of hydrogen-bond acceptors (Lipinski definition) is 3. The summed E-state index contributed by atoms with van der Waals surface area (Å²) in [7, 11) is -3.53. The molecule has 5 nitrogen and oxygen atoms in total. The van der Waals surface area contributed by atoms with Gasteiger partial charge in [-0.3, -0.25) is 0 Å². The fourth-order valence-corrected chi connectivity index (χ4v) is 2.24. The Morgan fingerprint density at radius 2 is 1.50 bits per heavy atom. The number of sulfonamides is 1. The monoisotopic (exact) mass is 293 g/mol. The summed E-state index contributed by atoms with van der Waals surface area (Å²) in [6.07, 6.45) is 0. The molecule has 0 fully saturated rings. The highest BCUT2D eigenvalue weighted by Crippen LogP contribution is 2.10. The standard InChI is InChI=1S/C7H9NO2S.C7H6O2/c1-6-4-2-3-5-7(6)11(8,9)10;8-7(9)6-4-2-1-3-5-6/h2-5H,1H3,(H2,8,9,10);1-5H,(H,8,9). The van der Waals surface area contributed by atoms with Crippen LogP contribution in [0.1, 0.15) is 15.9 Å². The van der Waals surface area contributed by atoms with Gasteiger partial charge in [-0.25, -0.2) is 18.4 Å². The van der Waals surface area contributed by atoms with Crippen LogP contribution in [0.4, 0.5) is 0 Å². The Bertz CT molecular complexity index is 681. The van der Waals surface area contributed by atoms with Gasteiger partial charge in [-0.15, -0.1) is 0 Å². The summed E-state index contributed by atoms with van der Waals surface area (Å²) in [6.45, 7) is 1.71. The van der Waals surface area contributed by atoms with Gasteiger partial charge in [-0.05, 0) is 30.7 Å². The van der Waals surface area contributed by atoms with Gasteiger partial charge >= 0.3 is 5.97 Å². The van der Waals surface area contributed by atoms with Crippen molar-refractivity contribution in [3.05, 3.63) is 65.7 Å². The Morgan fingerprint density at radius 1 is 1.00 bits per heavy atom. The molecule has 0 unspecified atom stereocenters. The van der Waals surface area contributed by atoms with E-state index in [1.807, 2.05) is 0 Å². The van der Waals surface area contributed by atoms with E-state index in [1.165, 1.54) is 6.07 Å². The summed E-state index contributed by atoms with van der Waals surface area (Å²) in [5.74, 6) is -0.879. The molecule has 0 aliphatic rings. The predicted octanol–water partition coefficient (Wildman–Crippen LogP) is 2.03. The van der Waals surface area contributed by atoms with E-state index in [4.69, 9.17) is 10.2 Å². The molecular formula is C14H15NO4S. The minimum atomic E-state index is -3.53. The third kappa shape index (κ3) is 4.83. The van der Waals surface area contributed by atoms with Crippen LogP contribution in [0.15, 0.2) is 59.5 Å². The van der Waals surface area contributed by atoms with E-state index in [2.05, 4.69) is 0 Å². The predicted molar refractivity (Wildman–Crippen MR) is 76.0 cm³/mol. The second kappa shape index (κ2) is 6.83. The average Bonchev–Trinajstić information content (AvgIpc) is 2.39. The van der Waals surface area contributed by atoms with Gasteiger partial charge in [0.1, 0.15) is 0 Å². The van der Waals surface area contributed by atoms with Crippen molar-refractivity contribution in [2.24, 2.45) is 5.14 Å². The van der Waals surface area contributed by atoms with Crippen molar-refractivity contribution in [2.45, 2.75) is 11.8 Å². The maximum Gasteiger partial charge on any atom is 0.335 e. The van der Waals surface area contributed by atoms with Gasteiger partial charge in [-0.2, -0.15) is 0 Å². The molecule has 0 aliphatic carbocycles. The van der Waals surface area contributed by atoms with Crippen LogP contribution >= 0.6 is 0 Å². The molecule has 0 aromatic heterocycles. The third-order valence-corrected chi connectivity index (χ3v) is 3.49. The molecule has 0 bridgehead atoms. The van der Waals surface area contributed by atoms with E-state index in [1.54, 1.807) is 55.5 Å². The van der Waals surface area contributed by atoms with Crippen molar-refractivity contribution in [3.63, 3.8) is 0 Å². The number of rotatable bonds is 2. The van der Waals surface area contributed by atoms with Gasteiger partial charge in [0, 0.05) is 0 Å². The molecule has 2 aromatic rings. The zero-order valence-corrected chi connectivity index (χ0v) is 11.7. The first kappa shape index (κ1) is 15.9. The number of carbonyl (C=O) groups is 1. The highest BCUT2D eigenvalue weighted by molar-refractivity contribution is 7.89. The van der Waals surface area contributed by atoms with Crippen LogP contribution in [0, 0.1) is 6.92 Å². The summed E-state index contributed by atoms with van der Waals surface area (Å²) in [6, 6.07) is 14.9. The third-order valence-electron chi connectivity index (χ3n) is 2.42. The van der Waals surface area contributed by atoms with E-state index in [0.717, 1.165) is 0 Å². The molecule has 106 valence electrons. The van der Waals surface area contributed by atoms with E-state index < -0.39 is 16.0 Å². The summed E-state index contributed by atoms with van der Waals surface area (Å²) < 4.78 is 21.7. The Kier molecular flexibility index (Phi) is 5.42. The Morgan fingerprint density at radius 3 is 1.85 bits per heavy atom. The van der Waals surface area contributed by atoms with E-state index in [9.17, 15) is 13.2 Å². The van der Waals surface area contributed by atoms with Crippen molar-refractivity contribution >= 4 is 16.0 Å². The molecule has 20 heavy (non-hydrogen) atoms. The molecular weight excluding hydrogens is 278 g/mol. The molecule has 0 saturated heterocycles. The van der Waals surface area contributed by atoms with E-state index in [-0.39, 0.29) is 4.90 Å². The molecule has 0 aliphatic heterocycles. The Balaban J connectivity index is 0.000000204. The lowest BCUT2D eigenvalue weighted by atomic mass is 10.2. The molecule has 6 heteroatoms. The van der Waals surface area contributed by atoms with Crippen molar-refractivity contribution in [1.29, 1.82) is 0 Å². The van der Waals surface area contributed by atoms with Crippen molar-refractivity contribution in [1.82, 2.24) is 0 Å². The van der Waals surface area contributed by atoms with Crippen LogP contribution < -0.4 is 5.14 Å². The van der Waals surface area contributed by atoms with Crippen LogP contribution in [0.3, 0.4) is 0 Å². The number of carboxylic acids is 1.